The van der Waals surface area contributed by atoms with E-state index < -0.39 is 0 Å². The van der Waals surface area contributed by atoms with Crippen molar-refractivity contribution < 1.29 is 9.13 Å². The number of aliphatic imine (C=N–C) groups is 1. The van der Waals surface area contributed by atoms with E-state index in [0.717, 1.165) is 35.2 Å². The van der Waals surface area contributed by atoms with Crippen LogP contribution in [0.25, 0.3) is 0 Å². The van der Waals surface area contributed by atoms with Crippen molar-refractivity contribution in [1.82, 2.24) is 15.6 Å². The predicted octanol–water partition coefficient (Wildman–Crippen LogP) is 3.77. The molecule has 2 rings (SSSR count). The van der Waals surface area contributed by atoms with Crippen LogP contribution in [-0.2, 0) is 6.42 Å². The normalized spacial score (nSPS) is 12.8. The lowest BCUT2D eigenvalue weighted by molar-refractivity contribution is 0.386. The standard InChI is InChI=1S/C19H27FN4OS/c1-6-21-19(22-10-9-18-13(3)23-14(4)26-18)24-12(2)15-7-8-17(25-5)16(20)11-15/h7-8,11-12H,6,9-10H2,1-5H3,(H2,21,22,24). The lowest BCUT2D eigenvalue weighted by atomic mass is 10.1. The molecule has 0 fully saturated rings. The second kappa shape index (κ2) is 9.52. The van der Waals surface area contributed by atoms with Crippen molar-refractivity contribution in [1.29, 1.82) is 0 Å². The lowest BCUT2D eigenvalue weighted by Crippen LogP contribution is -2.38. The Kier molecular flexibility index (Phi) is 7.38. The third-order valence-electron chi connectivity index (χ3n) is 3.98. The molecule has 2 aromatic rings. The number of aryl methyl sites for hydroxylation is 2. The summed E-state index contributed by atoms with van der Waals surface area (Å²) in [6, 6.07) is 4.90. The minimum Gasteiger partial charge on any atom is -0.494 e. The average molecular weight is 379 g/mol. The van der Waals surface area contributed by atoms with Gasteiger partial charge in [-0.15, -0.1) is 11.3 Å². The number of ether oxygens (including phenoxy) is 1. The van der Waals surface area contributed by atoms with Crippen LogP contribution in [0, 0.1) is 19.7 Å². The highest BCUT2D eigenvalue weighted by molar-refractivity contribution is 7.11. The summed E-state index contributed by atoms with van der Waals surface area (Å²) in [7, 11) is 1.46. The van der Waals surface area contributed by atoms with Crippen molar-refractivity contribution >= 4 is 17.3 Å². The van der Waals surface area contributed by atoms with Gasteiger partial charge in [-0.25, -0.2) is 9.37 Å². The van der Waals surface area contributed by atoms with Gasteiger partial charge in [0.1, 0.15) is 0 Å². The highest BCUT2D eigenvalue weighted by Crippen LogP contribution is 2.21. The fourth-order valence-electron chi connectivity index (χ4n) is 2.64. The molecule has 0 radical (unpaired) electrons. The van der Waals surface area contributed by atoms with E-state index in [0.29, 0.717) is 6.54 Å². The van der Waals surface area contributed by atoms with Crippen molar-refractivity contribution in [3.8, 4) is 5.75 Å². The van der Waals surface area contributed by atoms with E-state index in [1.807, 2.05) is 33.8 Å². The number of halogens is 1. The molecular weight excluding hydrogens is 351 g/mol. The van der Waals surface area contributed by atoms with Crippen LogP contribution in [0.1, 0.15) is 41.0 Å². The Morgan fingerprint density at radius 2 is 2.15 bits per heavy atom. The number of hydrogen-bond donors (Lipinski definition) is 2. The number of methoxy groups -OCH3 is 1. The number of benzene rings is 1. The third kappa shape index (κ3) is 5.42. The van der Waals surface area contributed by atoms with Crippen molar-refractivity contribution in [2.75, 3.05) is 20.2 Å². The molecule has 0 aliphatic rings. The summed E-state index contributed by atoms with van der Waals surface area (Å²) in [5.74, 6) is 0.600. The van der Waals surface area contributed by atoms with E-state index in [2.05, 4.69) is 20.6 Å². The summed E-state index contributed by atoms with van der Waals surface area (Å²) < 4.78 is 18.9. The number of nitrogens with one attached hydrogen (secondary N) is 2. The molecule has 1 atom stereocenters. The molecule has 0 aliphatic heterocycles. The molecule has 0 amide bonds. The Hall–Kier alpha value is -2.15. The topological polar surface area (TPSA) is 58.5 Å². The van der Waals surface area contributed by atoms with Gasteiger partial charge in [0.15, 0.2) is 17.5 Å². The van der Waals surface area contributed by atoms with Crippen molar-refractivity contribution in [2.45, 2.75) is 40.2 Å². The van der Waals surface area contributed by atoms with Gasteiger partial charge >= 0.3 is 0 Å². The van der Waals surface area contributed by atoms with E-state index >= 15 is 0 Å². The van der Waals surface area contributed by atoms with E-state index in [9.17, 15) is 4.39 Å². The molecule has 142 valence electrons. The molecule has 1 heterocycles. The molecule has 5 nitrogen and oxygen atoms in total. The highest BCUT2D eigenvalue weighted by atomic mass is 32.1. The first-order valence-electron chi connectivity index (χ1n) is 8.75. The largest absolute Gasteiger partial charge is 0.494 e. The summed E-state index contributed by atoms with van der Waals surface area (Å²) in [6.07, 6.45) is 0.861. The molecule has 0 spiro atoms. The van der Waals surface area contributed by atoms with Gasteiger partial charge in [-0.1, -0.05) is 6.07 Å². The quantitative estimate of drug-likeness (QED) is 0.569. The molecule has 0 saturated carbocycles. The first kappa shape index (κ1) is 20.2. The molecule has 2 N–H and O–H groups in total. The second-order valence-electron chi connectivity index (χ2n) is 6.01. The van der Waals surface area contributed by atoms with Gasteiger partial charge in [-0.05, 0) is 45.4 Å². The molecular formula is C19H27FN4OS. The maximum Gasteiger partial charge on any atom is 0.191 e. The third-order valence-corrected chi connectivity index (χ3v) is 5.11. The van der Waals surface area contributed by atoms with E-state index in [1.165, 1.54) is 18.1 Å². The summed E-state index contributed by atoms with van der Waals surface area (Å²) in [4.78, 5) is 10.4. The van der Waals surface area contributed by atoms with Crippen LogP contribution in [0.3, 0.4) is 0 Å². The molecule has 1 unspecified atom stereocenters. The Morgan fingerprint density at radius 3 is 2.73 bits per heavy atom. The van der Waals surface area contributed by atoms with Crippen LogP contribution in [0.2, 0.25) is 0 Å². The molecule has 1 aromatic heterocycles. The molecule has 0 aliphatic carbocycles. The Labute approximate surface area is 158 Å². The highest BCUT2D eigenvalue weighted by Gasteiger charge is 2.11. The van der Waals surface area contributed by atoms with Gasteiger partial charge in [-0.2, -0.15) is 0 Å². The van der Waals surface area contributed by atoms with Gasteiger partial charge in [-0.3, -0.25) is 4.99 Å². The van der Waals surface area contributed by atoms with Gasteiger partial charge in [0, 0.05) is 24.4 Å². The molecule has 7 heteroatoms. The zero-order valence-corrected chi connectivity index (χ0v) is 16.8. The minimum atomic E-state index is -0.364. The van der Waals surface area contributed by atoms with Crippen LogP contribution < -0.4 is 15.4 Å². The number of thiazole rings is 1. The van der Waals surface area contributed by atoms with Crippen molar-refractivity contribution in [3.63, 3.8) is 0 Å². The van der Waals surface area contributed by atoms with Crippen molar-refractivity contribution in [2.24, 2.45) is 4.99 Å². The fraction of sp³-hybridized carbons (Fsp3) is 0.474. The Bertz CT molecular complexity index is 760. The smallest absolute Gasteiger partial charge is 0.191 e. The maximum atomic E-state index is 13.9. The zero-order chi connectivity index (χ0) is 19.1. The summed E-state index contributed by atoms with van der Waals surface area (Å²) in [5.41, 5.74) is 1.92. The van der Waals surface area contributed by atoms with Crippen LogP contribution in [0.5, 0.6) is 5.75 Å². The van der Waals surface area contributed by atoms with Crippen LogP contribution in [0.15, 0.2) is 23.2 Å². The van der Waals surface area contributed by atoms with Crippen LogP contribution in [0.4, 0.5) is 4.39 Å². The maximum absolute atomic E-state index is 13.9. The van der Waals surface area contributed by atoms with Crippen LogP contribution >= 0.6 is 11.3 Å². The van der Waals surface area contributed by atoms with Gasteiger partial charge in [0.05, 0.1) is 23.9 Å². The monoisotopic (exact) mass is 378 g/mol. The van der Waals surface area contributed by atoms with Crippen LogP contribution in [-0.4, -0.2) is 31.1 Å². The number of nitrogens with zero attached hydrogens (tertiary/aromatic N) is 2. The first-order chi connectivity index (χ1) is 12.4. The summed E-state index contributed by atoms with van der Waals surface area (Å²) in [6.45, 7) is 9.48. The Balaban J connectivity index is 2.01. The number of rotatable bonds is 7. The lowest BCUT2D eigenvalue weighted by Gasteiger charge is -2.18. The van der Waals surface area contributed by atoms with Gasteiger partial charge < -0.3 is 15.4 Å². The van der Waals surface area contributed by atoms with Gasteiger partial charge in [0.25, 0.3) is 0 Å². The summed E-state index contributed by atoms with van der Waals surface area (Å²) >= 11 is 1.72. The van der Waals surface area contributed by atoms with E-state index in [-0.39, 0.29) is 17.6 Å². The number of aromatic nitrogens is 1. The second-order valence-corrected chi connectivity index (χ2v) is 7.30. The Morgan fingerprint density at radius 1 is 1.38 bits per heavy atom. The molecule has 0 bridgehead atoms. The number of hydrogen-bond acceptors (Lipinski definition) is 4. The SMILES string of the molecule is CCNC(=NCCc1sc(C)nc1C)NC(C)c1ccc(OC)c(F)c1. The van der Waals surface area contributed by atoms with E-state index in [4.69, 9.17) is 4.74 Å². The number of guanidine groups is 1. The zero-order valence-electron chi connectivity index (χ0n) is 16.0. The fourth-order valence-corrected chi connectivity index (χ4v) is 3.56. The predicted molar refractivity (Wildman–Crippen MR) is 106 cm³/mol. The first-order valence-corrected chi connectivity index (χ1v) is 9.57. The molecule has 0 saturated heterocycles. The summed E-state index contributed by atoms with van der Waals surface area (Å²) in [5, 5.41) is 7.64. The van der Waals surface area contributed by atoms with E-state index in [1.54, 1.807) is 17.4 Å². The molecule has 1 aromatic carbocycles. The van der Waals surface area contributed by atoms with Crippen molar-refractivity contribution in [3.05, 3.63) is 45.2 Å². The minimum absolute atomic E-state index is 0.0828. The van der Waals surface area contributed by atoms with Gasteiger partial charge in [0.2, 0.25) is 0 Å². The molecule has 26 heavy (non-hydrogen) atoms. The average Bonchev–Trinajstić information content (AvgIpc) is 2.92.